The van der Waals surface area contributed by atoms with Crippen LogP contribution in [0.3, 0.4) is 0 Å². The van der Waals surface area contributed by atoms with E-state index in [1.807, 2.05) is 6.92 Å². The zero-order valence-corrected chi connectivity index (χ0v) is 16.8. The lowest BCUT2D eigenvalue weighted by atomic mass is 9.84. The number of rotatable bonds is 5. The van der Waals surface area contributed by atoms with Gasteiger partial charge in [-0.2, -0.15) is 0 Å². The Labute approximate surface area is 169 Å². The van der Waals surface area contributed by atoms with Crippen molar-refractivity contribution in [2.24, 2.45) is 5.73 Å². The Balaban J connectivity index is 1.89. The number of aryl methyl sites for hydroxylation is 2. The van der Waals surface area contributed by atoms with Crippen molar-refractivity contribution in [3.63, 3.8) is 0 Å². The normalized spacial score (nSPS) is 18.8. The fraction of sp³-hybridized carbons (Fsp3) is 0.400. The quantitative estimate of drug-likeness (QED) is 0.662. The second-order valence-corrected chi connectivity index (χ2v) is 7.99. The van der Waals surface area contributed by atoms with Gasteiger partial charge in [0.2, 0.25) is 0 Å². The molecule has 29 heavy (non-hydrogen) atoms. The predicted octanol–water partition coefficient (Wildman–Crippen LogP) is 4.32. The van der Waals surface area contributed by atoms with Gasteiger partial charge in [0.05, 0.1) is 27.6 Å². The van der Waals surface area contributed by atoms with Crippen LogP contribution >= 0.6 is 11.3 Å². The van der Waals surface area contributed by atoms with Crippen LogP contribution in [-0.4, -0.2) is 30.0 Å². The molecule has 0 saturated carbocycles. The van der Waals surface area contributed by atoms with Gasteiger partial charge in [-0.1, -0.05) is 0 Å². The molecule has 1 unspecified atom stereocenters. The van der Waals surface area contributed by atoms with Crippen molar-refractivity contribution in [1.82, 2.24) is 4.98 Å². The van der Waals surface area contributed by atoms with Crippen molar-refractivity contribution >= 4 is 28.2 Å². The molecule has 1 aliphatic heterocycles. The highest BCUT2D eigenvalue weighted by Gasteiger charge is 2.46. The number of thiazole rings is 1. The van der Waals surface area contributed by atoms with E-state index in [0.717, 1.165) is 10.6 Å². The minimum absolute atomic E-state index is 0.0878. The van der Waals surface area contributed by atoms with Crippen LogP contribution in [0.1, 0.15) is 44.6 Å². The van der Waals surface area contributed by atoms with Crippen LogP contribution in [0.4, 0.5) is 8.78 Å². The third kappa shape index (κ3) is 3.49. The first-order valence-electron chi connectivity index (χ1n) is 9.12. The predicted molar refractivity (Wildman–Crippen MR) is 104 cm³/mol. The molecule has 0 aliphatic carbocycles. The number of fused-ring (bicyclic) bond motifs is 1. The van der Waals surface area contributed by atoms with Gasteiger partial charge < -0.3 is 19.6 Å². The van der Waals surface area contributed by atoms with Crippen LogP contribution in [-0.2, 0) is 11.3 Å². The molecule has 2 N–H and O–H groups in total. The van der Waals surface area contributed by atoms with Crippen LogP contribution in [0.25, 0.3) is 11.0 Å². The molecule has 3 heterocycles. The Hall–Kier alpha value is -2.52. The summed E-state index contributed by atoms with van der Waals surface area (Å²) < 4.78 is 46.3. The van der Waals surface area contributed by atoms with E-state index in [2.05, 4.69) is 4.98 Å². The first kappa shape index (κ1) is 19.8. The van der Waals surface area contributed by atoms with Gasteiger partial charge in [-0.3, -0.25) is 4.79 Å². The zero-order chi connectivity index (χ0) is 20.8. The van der Waals surface area contributed by atoms with Crippen molar-refractivity contribution in [2.45, 2.75) is 38.7 Å². The van der Waals surface area contributed by atoms with Crippen molar-refractivity contribution < 1.29 is 27.5 Å². The molecule has 9 heteroatoms. The Morgan fingerprint density at radius 2 is 2.21 bits per heavy atom. The summed E-state index contributed by atoms with van der Waals surface area (Å²) in [6.07, 6.45) is 0.0878. The van der Waals surface area contributed by atoms with Gasteiger partial charge in [-0.05, 0) is 32.4 Å². The summed E-state index contributed by atoms with van der Waals surface area (Å²) in [6.45, 7) is 3.13. The number of aromatic nitrogens is 1. The Morgan fingerprint density at radius 1 is 1.41 bits per heavy atom. The van der Waals surface area contributed by atoms with Gasteiger partial charge in [0.1, 0.15) is 30.3 Å². The molecule has 4 rings (SSSR count). The smallest absolute Gasteiger partial charge is 0.277 e. The molecule has 0 spiro atoms. The van der Waals surface area contributed by atoms with Gasteiger partial charge in [0, 0.05) is 17.6 Å². The van der Waals surface area contributed by atoms with Crippen LogP contribution in [0.15, 0.2) is 22.1 Å². The standard InChI is InChI=1S/C20H20F2N2O4S/c1-10-15(29-9-24-10)7-27-13-3-4-14-18(16(19(23)25)11(2)28-14)17(13)12-5-6-26-8-20(12,21)22/h3-4,9,12H,5-8H2,1-2H3,(H2,23,25). The number of nitrogens with two attached hydrogens (primary N) is 1. The Kier molecular flexibility index (Phi) is 5.04. The van der Waals surface area contributed by atoms with E-state index in [0.29, 0.717) is 16.7 Å². The van der Waals surface area contributed by atoms with Gasteiger partial charge in [0.15, 0.2) is 0 Å². The summed E-state index contributed by atoms with van der Waals surface area (Å²) in [7, 11) is 0. The van der Waals surface area contributed by atoms with E-state index < -0.39 is 24.4 Å². The lowest BCUT2D eigenvalue weighted by Gasteiger charge is -2.33. The largest absolute Gasteiger partial charge is 0.488 e. The molecule has 1 amide bonds. The van der Waals surface area contributed by atoms with E-state index in [-0.39, 0.29) is 36.5 Å². The average molecular weight is 422 g/mol. The maximum Gasteiger partial charge on any atom is 0.277 e. The molecule has 0 radical (unpaired) electrons. The number of nitrogens with zero attached hydrogens (tertiary/aromatic N) is 1. The molecule has 1 aliphatic rings. The van der Waals surface area contributed by atoms with Crippen LogP contribution in [0, 0.1) is 13.8 Å². The maximum absolute atomic E-state index is 14.8. The van der Waals surface area contributed by atoms with E-state index >= 15 is 0 Å². The minimum atomic E-state index is -3.12. The molecule has 1 saturated heterocycles. The number of benzene rings is 1. The number of ether oxygens (including phenoxy) is 2. The van der Waals surface area contributed by atoms with Gasteiger partial charge in [0.25, 0.3) is 11.8 Å². The summed E-state index contributed by atoms with van der Waals surface area (Å²) in [5.41, 5.74) is 8.76. The monoisotopic (exact) mass is 422 g/mol. The highest BCUT2D eigenvalue weighted by Crippen LogP contribution is 2.47. The van der Waals surface area contributed by atoms with E-state index in [4.69, 9.17) is 19.6 Å². The lowest BCUT2D eigenvalue weighted by molar-refractivity contribution is -0.130. The highest BCUT2D eigenvalue weighted by molar-refractivity contribution is 7.09. The first-order chi connectivity index (χ1) is 13.8. The second-order valence-electron chi connectivity index (χ2n) is 7.05. The fourth-order valence-corrected chi connectivity index (χ4v) is 4.46. The van der Waals surface area contributed by atoms with Crippen LogP contribution < -0.4 is 10.5 Å². The lowest BCUT2D eigenvalue weighted by Crippen LogP contribution is -2.37. The summed E-state index contributed by atoms with van der Waals surface area (Å²) in [5, 5.41) is 0.292. The molecule has 1 aromatic carbocycles. The SMILES string of the molecule is Cc1ncsc1COc1ccc2oc(C)c(C(N)=O)c2c1C1CCOCC1(F)F. The molecular formula is C20H20F2N2O4S. The molecule has 154 valence electrons. The van der Waals surface area contributed by atoms with Gasteiger partial charge in [-0.15, -0.1) is 11.3 Å². The summed E-state index contributed by atoms with van der Waals surface area (Å²) in [5.74, 6) is -4.47. The van der Waals surface area contributed by atoms with Crippen molar-refractivity contribution in [1.29, 1.82) is 0 Å². The fourth-order valence-electron chi connectivity index (χ4n) is 3.77. The number of alkyl halides is 2. The van der Waals surface area contributed by atoms with Gasteiger partial charge in [-0.25, -0.2) is 13.8 Å². The number of halogens is 2. The number of carbonyl (C=O) groups is 1. The minimum Gasteiger partial charge on any atom is -0.488 e. The number of amides is 1. The number of hydrogen-bond acceptors (Lipinski definition) is 6. The molecular weight excluding hydrogens is 402 g/mol. The first-order valence-corrected chi connectivity index (χ1v) is 10.0. The van der Waals surface area contributed by atoms with Crippen molar-refractivity contribution in [3.8, 4) is 5.75 Å². The molecule has 1 fully saturated rings. The van der Waals surface area contributed by atoms with E-state index in [1.165, 1.54) is 11.3 Å². The van der Waals surface area contributed by atoms with Crippen molar-refractivity contribution in [2.75, 3.05) is 13.2 Å². The number of hydrogen-bond donors (Lipinski definition) is 1. The Bertz CT molecular complexity index is 1080. The second kappa shape index (κ2) is 7.38. The topological polar surface area (TPSA) is 87.6 Å². The van der Waals surface area contributed by atoms with E-state index in [1.54, 1.807) is 24.6 Å². The molecule has 6 nitrogen and oxygen atoms in total. The summed E-state index contributed by atoms with van der Waals surface area (Å²) >= 11 is 1.43. The third-order valence-electron chi connectivity index (χ3n) is 5.19. The maximum atomic E-state index is 14.8. The van der Waals surface area contributed by atoms with Crippen LogP contribution in [0.2, 0.25) is 0 Å². The number of furan rings is 1. The zero-order valence-electron chi connectivity index (χ0n) is 16.0. The molecule has 0 bridgehead atoms. The number of primary amides is 1. The summed E-state index contributed by atoms with van der Waals surface area (Å²) in [4.78, 5) is 17.2. The highest BCUT2D eigenvalue weighted by atomic mass is 32.1. The van der Waals surface area contributed by atoms with Crippen LogP contribution in [0.5, 0.6) is 5.75 Å². The molecule has 2 aromatic heterocycles. The average Bonchev–Trinajstić information content (AvgIpc) is 3.21. The van der Waals surface area contributed by atoms with Gasteiger partial charge >= 0.3 is 0 Å². The third-order valence-corrected chi connectivity index (χ3v) is 6.09. The molecule has 3 aromatic rings. The molecule has 1 atom stereocenters. The van der Waals surface area contributed by atoms with E-state index in [9.17, 15) is 13.6 Å². The number of carbonyl (C=O) groups excluding carboxylic acids is 1. The van der Waals surface area contributed by atoms with Crippen molar-refractivity contribution in [3.05, 3.63) is 45.1 Å². The summed E-state index contributed by atoms with van der Waals surface area (Å²) in [6, 6.07) is 3.22. The Morgan fingerprint density at radius 3 is 2.86 bits per heavy atom.